The number of nitrogens with zero attached hydrogens (tertiary/aromatic N) is 6. The molecule has 38 heavy (non-hydrogen) atoms. The van der Waals surface area contributed by atoms with Gasteiger partial charge in [0.1, 0.15) is 6.04 Å². The fourth-order valence-electron chi connectivity index (χ4n) is 6.27. The topological polar surface area (TPSA) is 82.9 Å². The van der Waals surface area contributed by atoms with Crippen LogP contribution >= 0.6 is 11.6 Å². The van der Waals surface area contributed by atoms with Gasteiger partial charge in [-0.15, -0.1) is 5.10 Å². The van der Waals surface area contributed by atoms with Gasteiger partial charge in [0.25, 0.3) is 5.56 Å². The molecule has 1 aliphatic carbocycles. The predicted octanol–water partition coefficient (Wildman–Crippen LogP) is 5.20. The first-order valence-corrected chi connectivity index (χ1v) is 14.0. The Balaban J connectivity index is 1.40. The van der Waals surface area contributed by atoms with E-state index in [1.54, 1.807) is 0 Å². The number of aromatic nitrogens is 5. The molecule has 0 amide bonds. The fraction of sp³-hybridized carbons (Fsp3) is 0.448. The Bertz CT molecular complexity index is 1500. The third-order valence-corrected chi connectivity index (χ3v) is 8.41. The van der Waals surface area contributed by atoms with E-state index < -0.39 is 0 Å². The molecule has 8 nitrogen and oxygen atoms in total. The molecule has 9 heteroatoms. The molecule has 0 spiro atoms. The number of hydrogen-bond acceptors (Lipinski definition) is 6. The molecule has 1 saturated carbocycles. The average molecular weight is 532 g/mol. The SMILES string of the molecule is Cc1cc(C)c2cc([C@@H](c3nnnn3C3CCCCC3)N3CCN(c4cccc(Cl)c4)CC3)c(=O)[nH]c2c1. The molecule has 0 radical (unpaired) electrons. The van der Waals surface area contributed by atoms with Gasteiger partial charge in [0, 0.05) is 53.4 Å². The van der Waals surface area contributed by atoms with Crippen LogP contribution in [0.25, 0.3) is 10.9 Å². The predicted molar refractivity (Wildman–Crippen MR) is 151 cm³/mol. The van der Waals surface area contributed by atoms with Crippen LogP contribution in [0.15, 0.2) is 47.3 Å². The second kappa shape index (κ2) is 10.5. The molecule has 1 aliphatic heterocycles. The molecule has 6 rings (SSSR count). The van der Waals surface area contributed by atoms with Gasteiger partial charge in [-0.1, -0.05) is 43.0 Å². The number of nitrogens with one attached hydrogen (secondary N) is 1. The standard InChI is InChI=1S/C29H34ClN7O/c1-19-15-20(2)24-18-25(29(38)31-26(24)16-19)27(28-32-33-34-37(28)22-8-4-3-5-9-22)36-13-11-35(12-14-36)23-10-6-7-21(30)17-23/h6-7,10,15-18,22,27H,3-5,8-9,11-14H2,1-2H3,(H,31,38)/t27-/m0/s1. The first kappa shape index (κ1) is 25.1. The van der Waals surface area contributed by atoms with Gasteiger partial charge in [0.2, 0.25) is 0 Å². The normalized spacial score (nSPS) is 18.2. The first-order chi connectivity index (χ1) is 18.5. The Morgan fingerprint density at radius 2 is 1.79 bits per heavy atom. The molecule has 2 aromatic carbocycles. The molecule has 2 aromatic heterocycles. The minimum absolute atomic E-state index is 0.0806. The van der Waals surface area contributed by atoms with Gasteiger partial charge in [-0.2, -0.15) is 0 Å². The summed E-state index contributed by atoms with van der Waals surface area (Å²) in [6, 6.07) is 14.2. The van der Waals surface area contributed by atoms with Crippen LogP contribution in [0.5, 0.6) is 0 Å². The van der Waals surface area contributed by atoms with Crippen molar-refractivity contribution in [2.24, 2.45) is 0 Å². The van der Waals surface area contributed by atoms with Crippen molar-refractivity contribution in [2.45, 2.75) is 58.0 Å². The Morgan fingerprint density at radius 1 is 1.00 bits per heavy atom. The summed E-state index contributed by atoms with van der Waals surface area (Å²) in [6.07, 6.45) is 5.76. The number of rotatable bonds is 5. The molecule has 1 saturated heterocycles. The highest BCUT2D eigenvalue weighted by Gasteiger charge is 2.34. The van der Waals surface area contributed by atoms with Crippen LogP contribution in [-0.2, 0) is 0 Å². The molecule has 0 unspecified atom stereocenters. The highest BCUT2D eigenvalue weighted by molar-refractivity contribution is 6.30. The molecule has 2 fully saturated rings. The van der Waals surface area contributed by atoms with E-state index in [9.17, 15) is 4.79 Å². The van der Waals surface area contributed by atoms with Gasteiger partial charge in [0.05, 0.1) is 6.04 Å². The van der Waals surface area contributed by atoms with E-state index in [0.29, 0.717) is 5.56 Å². The number of H-pyrrole nitrogens is 1. The zero-order chi connectivity index (χ0) is 26.2. The van der Waals surface area contributed by atoms with Crippen LogP contribution in [0.4, 0.5) is 5.69 Å². The van der Waals surface area contributed by atoms with E-state index >= 15 is 0 Å². The molecule has 1 N–H and O–H groups in total. The van der Waals surface area contributed by atoms with Crippen molar-refractivity contribution in [3.63, 3.8) is 0 Å². The van der Waals surface area contributed by atoms with Gasteiger partial charge in [0.15, 0.2) is 5.82 Å². The van der Waals surface area contributed by atoms with Gasteiger partial charge >= 0.3 is 0 Å². The minimum Gasteiger partial charge on any atom is -0.369 e. The summed E-state index contributed by atoms with van der Waals surface area (Å²) in [5.41, 5.74) is 4.89. The lowest BCUT2D eigenvalue weighted by molar-refractivity contribution is 0.192. The quantitative estimate of drug-likeness (QED) is 0.381. The van der Waals surface area contributed by atoms with Crippen LogP contribution < -0.4 is 10.5 Å². The Labute approximate surface area is 227 Å². The minimum atomic E-state index is -0.331. The number of tetrazole rings is 1. The van der Waals surface area contributed by atoms with Crippen molar-refractivity contribution in [3.05, 3.63) is 80.4 Å². The smallest absolute Gasteiger partial charge is 0.253 e. The van der Waals surface area contributed by atoms with Crippen LogP contribution in [0, 0.1) is 13.8 Å². The number of halogens is 1. The fourth-order valence-corrected chi connectivity index (χ4v) is 6.45. The summed E-state index contributed by atoms with van der Waals surface area (Å²) >= 11 is 6.27. The monoisotopic (exact) mass is 531 g/mol. The number of piperazine rings is 1. The summed E-state index contributed by atoms with van der Waals surface area (Å²) < 4.78 is 2.01. The zero-order valence-corrected chi connectivity index (χ0v) is 22.8. The molecule has 1 atom stereocenters. The molecule has 3 heterocycles. The van der Waals surface area contributed by atoms with E-state index in [4.69, 9.17) is 11.6 Å². The largest absolute Gasteiger partial charge is 0.369 e. The third-order valence-electron chi connectivity index (χ3n) is 8.17. The maximum absolute atomic E-state index is 13.7. The molecule has 0 bridgehead atoms. The summed E-state index contributed by atoms with van der Waals surface area (Å²) in [6.45, 7) is 7.36. The van der Waals surface area contributed by atoms with Crippen molar-refractivity contribution in [1.29, 1.82) is 0 Å². The van der Waals surface area contributed by atoms with Gasteiger partial charge in [-0.05, 0) is 78.6 Å². The molecular weight excluding hydrogens is 498 g/mol. The van der Waals surface area contributed by atoms with E-state index in [2.05, 4.69) is 62.4 Å². The first-order valence-electron chi connectivity index (χ1n) is 13.6. The average Bonchev–Trinajstić information content (AvgIpc) is 3.40. The van der Waals surface area contributed by atoms with Crippen LogP contribution in [0.2, 0.25) is 5.02 Å². The summed E-state index contributed by atoms with van der Waals surface area (Å²) in [5.74, 6) is 0.766. The lowest BCUT2D eigenvalue weighted by Gasteiger charge is -2.40. The highest BCUT2D eigenvalue weighted by Crippen LogP contribution is 2.34. The second-order valence-corrected chi connectivity index (χ2v) is 11.2. The summed E-state index contributed by atoms with van der Waals surface area (Å²) in [4.78, 5) is 21.6. The van der Waals surface area contributed by atoms with Crippen molar-refractivity contribution in [2.75, 3.05) is 31.1 Å². The van der Waals surface area contributed by atoms with E-state index in [1.165, 1.54) is 19.3 Å². The summed E-state index contributed by atoms with van der Waals surface area (Å²) in [5, 5.41) is 15.0. The molecule has 2 aliphatic rings. The number of aryl methyl sites for hydroxylation is 2. The van der Waals surface area contributed by atoms with Crippen LogP contribution in [0.3, 0.4) is 0 Å². The third kappa shape index (κ3) is 4.83. The van der Waals surface area contributed by atoms with Gasteiger partial charge in [-0.25, -0.2) is 4.68 Å². The number of hydrogen-bond donors (Lipinski definition) is 1. The van der Waals surface area contributed by atoms with Crippen LogP contribution in [0.1, 0.15) is 66.7 Å². The molecule has 4 aromatic rings. The molecular formula is C29H34ClN7O. The Kier molecular flexibility index (Phi) is 6.93. The van der Waals surface area contributed by atoms with Crippen molar-refractivity contribution in [1.82, 2.24) is 30.1 Å². The van der Waals surface area contributed by atoms with Crippen molar-refractivity contribution >= 4 is 28.2 Å². The second-order valence-electron chi connectivity index (χ2n) is 10.8. The lowest BCUT2D eigenvalue weighted by Crippen LogP contribution is -2.49. The maximum atomic E-state index is 13.7. The lowest BCUT2D eigenvalue weighted by atomic mass is 9.94. The Hall–Kier alpha value is -3.23. The Morgan fingerprint density at radius 3 is 2.55 bits per heavy atom. The van der Waals surface area contributed by atoms with Crippen LogP contribution in [-0.4, -0.2) is 56.3 Å². The van der Waals surface area contributed by atoms with E-state index in [0.717, 1.165) is 77.6 Å². The summed E-state index contributed by atoms with van der Waals surface area (Å²) in [7, 11) is 0. The number of aromatic amines is 1. The number of pyridine rings is 1. The van der Waals surface area contributed by atoms with Crippen molar-refractivity contribution < 1.29 is 0 Å². The van der Waals surface area contributed by atoms with E-state index in [-0.39, 0.29) is 17.6 Å². The van der Waals surface area contributed by atoms with Gasteiger partial charge in [-0.3, -0.25) is 9.69 Å². The highest BCUT2D eigenvalue weighted by atomic mass is 35.5. The number of anilines is 1. The van der Waals surface area contributed by atoms with Crippen molar-refractivity contribution in [3.8, 4) is 0 Å². The number of fused-ring (bicyclic) bond motifs is 1. The van der Waals surface area contributed by atoms with Gasteiger partial charge < -0.3 is 9.88 Å². The number of benzene rings is 2. The van der Waals surface area contributed by atoms with E-state index in [1.807, 2.05) is 28.9 Å². The zero-order valence-electron chi connectivity index (χ0n) is 22.0. The maximum Gasteiger partial charge on any atom is 0.253 e. The molecule has 198 valence electrons.